The molecular weight excluding hydrogens is 598 g/mol. The second kappa shape index (κ2) is 11.2. The van der Waals surface area contributed by atoms with Crippen LogP contribution in [-0.2, 0) is 16.6 Å². The molecule has 0 amide bonds. The molecule has 2 aliphatic rings. The predicted octanol–water partition coefficient (Wildman–Crippen LogP) is 4.69. The number of nitrogens with one attached hydrogen (secondary N) is 1. The van der Waals surface area contributed by atoms with Crippen LogP contribution >= 0.6 is 15.9 Å². The molecular formula is C31H42BrN7O3. The zero-order chi connectivity index (χ0) is 29.9. The molecule has 10 nitrogen and oxygen atoms in total. The van der Waals surface area contributed by atoms with Gasteiger partial charge in [-0.3, -0.25) is 4.90 Å². The quantitative estimate of drug-likeness (QED) is 0.218. The number of imidazole rings is 1. The number of hydrogen-bond acceptors (Lipinski definition) is 8. The number of ether oxygens (including phenoxy) is 1. The van der Waals surface area contributed by atoms with Crippen molar-refractivity contribution in [2.75, 3.05) is 12.3 Å². The van der Waals surface area contributed by atoms with Crippen molar-refractivity contribution in [3.05, 3.63) is 46.6 Å². The number of H-pyrrole nitrogens is 1. The molecule has 4 atom stereocenters. The van der Waals surface area contributed by atoms with Gasteiger partial charge < -0.3 is 30.2 Å². The number of halogens is 1. The Balaban J connectivity index is 1.07. The number of hydrogen-bond donors (Lipinski definition) is 4. The lowest BCUT2D eigenvalue weighted by atomic mass is 9.76. The first-order valence-electron chi connectivity index (χ1n) is 14.9. The summed E-state index contributed by atoms with van der Waals surface area (Å²) < 4.78 is 8.75. The molecule has 4 unspecified atom stereocenters. The summed E-state index contributed by atoms with van der Waals surface area (Å²) in [6.07, 6.45) is 3.98. The molecule has 4 aromatic rings. The van der Waals surface area contributed by atoms with E-state index in [2.05, 4.69) is 88.6 Å². The molecule has 0 spiro atoms. The van der Waals surface area contributed by atoms with Crippen LogP contribution in [-0.4, -0.2) is 76.6 Å². The highest BCUT2D eigenvalue weighted by molar-refractivity contribution is 9.10. The Kier molecular flexibility index (Phi) is 7.84. The van der Waals surface area contributed by atoms with Gasteiger partial charge in [-0.1, -0.05) is 26.8 Å². The summed E-state index contributed by atoms with van der Waals surface area (Å²) in [5.41, 5.74) is 10.2. The first-order chi connectivity index (χ1) is 19.9. The highest BCUT2D eigenvalue weighted by atomic mass is 79.9. The minimum absolute atomic E-state index is 0.110. The normalized spacial score (nSPS) is 26.6. The number of nitrogen functional groups attached to an aromatic ring is 1. The van der Waals surface area contributed by atoms with Gasteiger partial charge in [0.15, 0.2) is 6.23 Å². The van der Waals surface area contributed by atoms with Gasteiger partial charge in [0.2, 0.25) is 0 Å². The molecule has 1 aliphatic carbocycles. The van der Waals surface area contributed by atoms with Gasteiger partial charge in [0.05, 0.1) is 16.4 Å². The highest BCUT2D eigenvalue weighted by Gasteiger charge is 2.46. The molecule has 1 saturated heterocycles. The van der Waals surface area contributed by atoms with Crippen LogP contribution in [0.2, 0.25) is 0 Å². The third-order valence-electron chi connectivity index (χ3n) is 9.12. The Morgan fingerprint density at radius 2 is 1.95 bits per heavy atom. The van der Waals surface area contributed by atoms with E-state index >= 15 is 0 Å². The molecule has 2 fully saturated rings. The van der Waals surface area contributed by atoms with Gasteiger partial charge in [0, 0.05) is 35.7 Å². The van der Waals surface area contributed by atoms with Gasteiger partial charge in [-0.25, -0.2) is 15.0 Å². The molecule has 1 aromatic carbocycles. The number of aliphatic hydroxyl groups excluding tert-OH is 2. The van der Waals surface area contributed by atoms with Crippen molar-refractivity contribution in [3.63, 3.8) is 0 Å². The summed E-state index contributed by atoms with van der Waals surface area (Å²) in [5, 5.41) is 22.7. The minimum Gasteiger partial charge on any atom is -0.387 e. The number of aliphatic hydroxyl groups is 2. The molecule has 6 rings (SSSR count). The number of aryl methyl sites for hydroxylation is 1. The van der Waals surface area contributed by atoms with Crippen LogP contribution in [0.25, 0.3) is 22.1 Å². The van der Waals surface area contributed by atoms with Crippen LogP contribution in [0.1, 0.15) is 71.5 Å². The number of anilines is 1. The SMILES string of the molecule is CC(C)N(CC1OC(n2cc(Br)c3c(N)ncnc32)C(O)C1O)C1CC(CCc2nc3ccc(C(C)(C)C)cc3[nH]2)C1. The highest BCUT2D eigenvalue weighted by Crippen LogP contribution is 2.40. The summed E-state index contributed by atoms with van der Waals surface area (Å²) in [7, 11) is 0. The monoisotopic (exact) mass is 639 g/mol. The molecule has 226 valence electrons. The van der Waals surface area contributed by atoms with E-state index in [1.165, 1.54) is 11.9 Å². The van der Waals surface area contributed by atoms with Crippen LogP contribution in [0.3, 0.4) is 0 Å². The topological polar surface area (TPSA) is 138 Å². The van der Waals surface area contributed by atoms with E-state index in [0.717, 1.165) is 42.5 Å². The van der Waals surface area contributed by atoms with Gasteiger partial charge in [0.25, 0.3) is 0 Å². The van der Waals surface area contributed by atoms with Crippen molar-refractivity contribution in [2.45, 2.75) is 102 Å². The van der Waals surface area contributed by atoms with Crippen molar-refractivity contribution >= 4 is 43.8 Å². The number of nitrogens with zero attached hydrogens (tertiary/aromatic N) is 5. The number of aromatic amines is 1. The molecule has 11 heteroatoms. The van der Waals surface area contributed by atoms with E-state index in [-0.39, 0.29) is 11.5 Å². The van der Waals surface area contributed by atoms with Gasteiger partial charge in [0.1, 0.15) is 41.9 Å². The molecule has 1 saturated carbocycles. The Labute approximate surface area is 254 Å². The fourth-order valence-corrected chi connectivity index (χ4v) is 7.15. The maximum atomic E-state index is 11.0. The van der Waals surface area contributed by atoms with E-state index in [4.69, 9.17) is 15.5 Å². The third kappa shape index (κ3) is 5.45. The summed E-state index contributed by atoms with van der Waals surface area (Å²) in [4.78, 5) is 19.2. The van der Waals surface area contributed by atoms with E-state index in [1.54, 1.807) is 10.8 Å². The van der Waals surface area contributed by atoms with E-state index in [0.29, 0.717) is 39.8 Å². The number of benzene rings is 1. The lowest BCUT2D eigenvalue weighted by Gasteiger charge is -2.46. The molecule has 5 N–H and O–H groups in total. The van der Waals surface area contributed by atoms with Gasteiger partial charge >= 0.3 is 0 Å². The van der Waals surface area contributed by atoms with Gasteiger partial charge in [-0.2, -0.15) is 0 Å². The van der Waals surface area contributed by atoms with Crippen LogP contribution in [0.4, 0.5) is 5.82 Å². The summed E-state index contributed by atoms with van der Waals surface area (Å²) in [6.45, 7) is 11.6. The first kappa shape index (κ1) is 29.5. The van der Waals surface area contributed by atoms with Gasteiger partial charge in [-0.15, -0.1) is 0 Å². The Hall–Kier alpha value is -2.57. The maximum absolute atomic E-state index is 11.0. The number of nitrogens with two attached hydrogens (primary N) is 1. The van der Waals surface area contributed by atoms with Crippen molar-refractivity contribution in [1.82, 2.24) is 29.4 Å². The van der Waals surface area contributed by atoms with Crippen LogP contribution in [0.15, 0.2) is 35.2 Å². The second-order valence-corrected chi connectivity index (χ2v) is 14.2. The lowest BCUT2D eigenvalue weighted by molar-refractivity contribution is -0.0619. The standard InChI is InChI=1S/C31H42BrN7O3/c1-16(2)38(14-23-26(40)27(41)30(42-23)39-13-20(32)25-28(33)34-15-35-29(25)39)19-10-17(11-19)6-9-24-36-21-8-7-18(31(3,4)5)12-22(21)37-24/h7-8,12-13,15-17,19,23,26-27,30,40-41H,6,9-11,14H2,1-5H3,(H,36,37)(H2,33,34,35). The fraction of sp³-hybridized carbons (Fsp3) is 0.581. The van der Waals surface area contributed by atoms with Gasteiger partial charge in [-0.05, 0) is 78.1 Å². The van der Waals surface area contributed by atoms with Crippen molar-refractivity contribution in [3.8, 4) is 0 Å². The van der Waals surface area contributed by atoms with E-state index in [1.807, 2.05) is 0 Å². The second-order valence-electron chi connectivity index (χ2n) is 13.4. The molecule has 1 aliphatic heterocycles. The maximum Gasteiger partial charge on any atom is 0.164 e. The van der Waals surface area contributed by atoms with Crippen LogP contribution in [0.5, 0.6) is 0 Å². The molecule has 42 heavy (non-hydrogen) atoms. The number of rotatable bonds is 8. The first-order valence-corrected chi connectivity index (χ1v) is 15.7. The van der Waals surface area contributed by atoms with E-state index < -0.39 is 24.5 Å². The van der Waals surface area contributed by atoms with Crippen LogP contribution < -0.4 is 5.73 Å². The summed E-state index contributed by atoms with van der Waals surface area (Å²) in [6, 6.07) is 7.23. The average Bonchev–Trinajstić information content (AvgIpc) is 3.55. The van der Waals surface area contributed by atoms with Crippen molar-refractivity contribution < 1.29 is 14.9 Å². The predicted molar refractivity (Wildman–Crippen MR) is 167 cm³/mol. The summed E-state index contributed by atoms with van der Waals surface area (Å²) >= 11 is 3.52. The summed E-state index contributed by atoms with van der Waals surface area (Å²) in [5.74, 6) is 2.03. The zero-order valence-electron chi connectivity index (χ0n) is 25.0. The fourth-order valence-electron chi connectivity index (χ4n) is 6.55. The largest absolute Gasteiger partial charge is 0.387 e. The van der Waals surface area contributed by atoms with Crippen LogP contribution in [0, 0.1) is 5.92 Å². The molecule has 3 aromatic heterocycles. The molecule has 0 radical (unpaired) electrons. The minimum atomic E-state index is -1.10. The Bertz CT molecular complexity index is 1570. The zero-order valence-corrected chi connectivity index (χ0v) is 26.5. The Morgan fingerprint density at radius 3 is 2.67 bits per heavy atom. The third-order valence-corrected chi connectivity index (χ3v) is 9.73. The molecule has 0 bridgehead atoms. The van der Waals surface area contributed by atoms with E-state index in [9.17, 15) is 10.2 Å². The van der Waals surface area contributed by atoms with Crippen molar-refractivity contribution in [2.24, 2.45) is 5.92 Å². The van der Waals surface area contributed by atoms with Crippen molar-refractivity contribution in [1.29, 1.82) is 0 Å². The smallest absolute Gasteiger partial charge is 0.164 e. The lowest BCUT2D eigenvalue weighted by Crippen LogP contribution is -2.52. The number of fused-ring (bicyclic) bond motifs is 2. The Morgan fingerprint density at radius 1 is 1.19 bits per heavy atom. The molecule has 4 heterocycles. The number of aromatic nitrogens is 5. The average molecular weight is 641 g/mol.